The first kappa shape index (κ1) is 26.8. The lowest BCUT2D eigenvalue weighted by molar-refractivity contribution is -0.115. The van der Waals surface area contributed by atoms with Crippen LogP contribution in [0.5, 0.6) is 5.75 Å². The van der Waals surface area contributed by atoms with E-state index < -0.39 is 11.9 Å². The molecule has 4 aromatic rings. The van der Waals surface area contributed by atoms with Gasteiger partial charge in [-0.15, -0.1) is 0 Å². The summed E-state index contributed by atoms with van der Waals surface area (Å²) in [4.78, 5) is 37.3. The molecule has 4 aromatic carbocycles. The van der Waals surface area contributed by atoms with Gasteiger partial charge in [-0.3, -0.25) is 9.59 Å². The molecular weight excluding hydrogens is 570 g/mol. The molecular formula is C29H21BrClN3O4. The van der Waals surface area contributed by atoms with E-state index in [0.717, 1.165) is 10.0 Å². The van der Waals surface area contributed by atoms with Gasteiger partial charge in [-0.2, -0.15) is 5.10 Å². The van der Waals surface area contributed by atoms with E-state index in [1.165, 1.54) is 6.21 Å². The molecule has 0 aliphatic heterocycles. The highest BCUT2D eigenvalue weighted by molar-refractivity contribution is 9.10. The number of rotatable bonds is 8. The Morgan fingerprint density at radius 1 is 0.868 bits per heavy atom. The Bertz CT molecular complexity index is 1470. The highest BCUT2D eigenvalue weighted by Crippen LogP contribution is 2.23. The molecule has 0 aliphatic carbocycles. The van der Waals surface area contributed by atoms with Crippen LogP contribution in [0, 0.1) is 0 Å². The summed E-state index contributed by atoms with van der Waals surface area (Å²) in [6.07, 6.45) is 1.59. The van der Waals surface area contributed by atoms with Gasteiger partial charge in [-0.25, -0.2) is 10.2 Å². The summed E-state index contributed by atoms with van der Waals surface area (Å²) in [6, 6.07) is 27.3. The van der Waals surface area contributed by atoms with Crippen molar-refractivity contribution in [3.05, 3.63) is 129 Å². The molecule has 0 unspecified atom stereocenters. The van der Waals surface area contributed by atoms with E-state index in [9.17, 15) is 14.4 Å². The number of ether oxygens (including phenoxy) is 1. The van der Waals surface area contributed by atoms with Crippen LogP contribution in [0.25, 0.3) is 0 Å². The third kappa shape index (κ3) is 7.61. The third-order valence-electron chi connectivity index (χ3n) is 5.26. The normalized spacial score (nSPS) is 10.7. The second kappa shape index (κ2) is 12.8. The first-order valence-corrected chi connectivity index (χ1v) is 12.6. The molecule has 0 bridgehead atoms. The number of carbonyl (C=O) groups is 3. The smallest absolute Gasteiger partial charge is 0.343 e. The Morgan fingerprint density at radius 2 is 1.55 bits per heavy atom. The molecule has 7 nitrogen and oxygen atoms in total. The molecule has 0 aliphatic rings. The van der Waals surface area contributed by atoms with Crippen molar-refractivity contribution in [3.63, 3.8) is 0 Å². The minimum Gasteiger partial charge on any atom is -0.422 e. The first-order valence-electron chi connectivity index (χ1n) is 11.4. The van der Waals surface area contributed by atoms with Crippen molar-refractivity contribution < 1.29 is 19.1 Å². The van der Waals surface area contributed by atoms with E-state index >= 15 is 0 Å². The molecule has 0 fully saturated rings. The van der Waals surface area contributed by atoms with Gasteiger partial charge in [-0.05, 0) is 72.3 Å². The Hall–Kier alpha value is -4.27. The molecule has 0 radical (unpaired) electrons. The Kier molecular flexibility index (Phi) is 9.02. The number of hydrogen-bond donors (Lipinski definition) is 2. The molecule has 0 atom stereocenters. The van der Waals surface area contributed by atoms with Crippen molar-refractivity contribution in [2.45, 2.75) is 6.42 Å². The number of hydrazone groups is 1. The van der Waals surface area contributed by atoms with Crippen molar-refractivity contribution in [3.8, 4) is 5.75 Å². The van der Waals surface area contributed by atoms with Gasteiger partial charge in [0, 0.05) is 26.3 Å². The fourth-order valence-corrected chi connectivity index (χ4v) is 3.82. The zero-order chi connectivity index (χ0) is 26.9. The molecule has 190 valence electrons. The van der Waals surface area contributed by atoms with Crippen LogP contribution in [-0.4, -0.2) is 24.0 Å². The van der Waals surface area contributed by atoms with Crippen molar-refractivity contribution in [2.75, 3.05) is 5.32 Å². The molecule has 0 aromatic heterocycles. The first-order chi connectivity index (χ1) is 18.4. The van der Waals surface area contributed by atoms with Gasteiger partial charge in [0.25, 0.3) is 5.91 Å². The summed E-state index contributed by atoms with van der Waals surface area (Å²) in [5.74, 6) is -0.930. The standard InChI is InChI=1S/C29H21BrClN3O4/c30-23-10-6-21(7-11-23)29(37)38-26-15-12-24(31)17-22(26)18-32-34-28(36)20-8-13-25(14-9-20)33-27(35)16-19-4-2-1-3-5-19/h1-15,17-18H,16H2,(H,33,35)(H,34,36)/b32-18+. The van der Waals surface area contributed by atoms with Gasteiger partial charge in [0.2, 0.25) is 5.91 Å². The van der Waals surface area contributed by atoms with E-state index in [4.69, 9.17) is 16.3 Å². The van der Waals surface area contributed by atoms with E-state index in [-0.39, 0.29) is 18.1 Å². The lowest BCUT2D eigenvalue weighted by Crippen LogP contribution is -2.18. The zero-order valence-corrected chi connectivity index (χ0v) is 22.2. The van der Waals surface area contributed by atoms with Gasteiger partial charge in [0.15, 0.2) is 0 Å². The number of carbonyl (C=O) groups excluding carboxylic acids is 3. The average Bonchev–Trinajstić information content (AvgIpc) is 2.91. The van der Waals surface area contributed by atoms with Crippen molar-refractivity contribution in [1.82, 2.24) is 5.43 Å². The second-order valence-electron chi connectivity index (χ2n) is 8.07. The third-order valence-corrected chi connectivity index (χ3v) is 6.03. The molecule has 0 saturated heterocycles. The van der Waals surface area contributed by atoms with Crippen molar-refractivity contribution in [1.29, 1.82) is 0 Å². The molecule has 0 saturated carbocycles. The van der Waals surface area contributed by atoms with E-state index in [1.807, 2.05) is 30.3 Å². The average molecular weight is 591 g/mol. The van der Waals surface area contributed by atoms with Gasteiger partial charge >= 0.3 is 5.97 Å². The van der Waals surface area contributed by atoms with Crippen LogP contribution < -0.4 is 15.5 Å². The summed E-state index contributed by atoms with van der Waals surface area (Å²) in [5, 5.41) is 7.19. The number of esters is 1. The van der Waals surface area contributed by atoms with Crippen LogP contribution in [0.15, 0.2) is 107 Å². The Labute approximate surface area is 232 Å². The van der Waals surface area contributed by atoms with Crippen molar-refractivity contribution >= 4 is 57.2 Å². The number of nitrogens with zero attached hydrogens (tertiary/aromatic N) is 1. The van der Waals surface area contributed by atoms with Crippen LogP contribution in [0.1, 0.15) is 31.8 Å². The van der Waals surface area contributed by atoms with Crippen LogP contribution in [0.3, 0.4) is 0 Å². The molecule has 0 heterocycles. The van der Waals surface area contributed by atoms with E-state index in [1.54, 1.807) is 66.7 Å². The molecule has 2 amide bonds. The number of nitrogens with one attached hydrogen (secondary N) is 2. The van der Waals surface area contributed by atoms with E-state index in [2.05, 4.69) is 31.8 Å². The maximum absolute atomic E-state index is 12.5. The van der Waals surface area contributed by atoms with Gasteiger partial charge in [-0.1, -0.05) is 57.9 Å². The lowest BCUT2D eigenvalue weighted by Gasteiger charge is -2.08. The van der Waals surface area contributed by atoms with Gasteiger partial charge in [0.1, 0.15) is 5.75 Å². The highest BCUT2D eigenvalue weighted by Gasteiger charge is 2.12. The van der Waals surface area contributed by atoms with Crippen LogP contribution in [0.2, 0.25) is 5.02 Å². The predicted octanol–water partition coefficient (Wildman–Crippen LogP) is 6.27. The van der Waals surface area contributed by atoms with Crippen LogP contribution >= 0.6 is 27.5 Å². The summed E-state index contributed by atoms with van der Waals surface area (Å²) >= 11 is 9.42. The molecule has 0 spiro atoms. The second-order valence-corrected chi connectivity index (χ2v) is 9.42. The highest BCUT2D eigenvalue weighted by atomic mass is 79.9. The minimum atomic E-state index is -0.547. The predicted molar refractivity (Wildman–Crippen MR) is 151 cm³/mol. The summed E-state index contributed by atoms with van der Waals surface area (Å²) in [5.41, 5.74) is 5.03. The van der Waals surface area contributed by atoms with Crippen LogP contribution in [0.4, 0.5) is 5.69 Å². The van der Waals surface area contributed by atoms with Crippen LogP contribution in [-0.2, 0) is 11.2 Å². The van der Waals surface area contributed by atoms with Gasteiger partial charge < -0.3 is 10.1 Å². The minimum absolute atomic E-state index is 0.156. The maximum Gasteiger partial charge on any atom is 0.343 e. The molecule has 2 N–H and O–H groups in total. The SMILES string of the molecule is O=C(Cc1ccccc1)Nc1ccc(C(=O)N/N=C/c2cc(Cl)ccc2OC(=O)c2ccc(Br)cc2)cc1. The monoisotopic (exact) mass is 589 g/mol. The quantitative estimate of drug-likeness (QED) is 0.109. The molecule has 38 heavy (non-hydrogen) atoms. The van der Waals surface area contributed by atoms with Crippen molar-refractivity contribution in [2.24, 2.45) is 5.10 Å². The Balaban J connectivity index is 1.35. The zero-order valence-electron chi connectivity index (χ0n) is 19.9. The number of anilines is 1. The Morgan fingerprint density at radius 3 is 2.26 bits per heavy atom. The number of hydrogen-bond acceptors (Lipinski definition) is 5. The molecule has 4 rings (SSSR count). The lowest BCUT2D eigenvalue weighted by atomic mass is 10.1. The maximum atomic E-state index is 12.5. The summed E-state index contributed by atoms with van der Waals surface area (Å²) in [6.45, 7) is 0. The summed E-state index contributed by atoms with van der Waals surface area (Å²) < 4.78 is 6.34. The number of benzene rings is 4. The fraction of sp³-hybridized carbons (Fsp3) is 0.0345. The molecule has 9 heteroatoms. The largest absolute Gasteiger partial charge is 0.422 e. The topological polar surface area (TPSA) is 96.9 Å². The van der Waals surface area contributed by atoms with Gasteiger partial charge in [0.05, 0.1) is 18.2 Å². The fourth-order valence-electron chi connectivity index (χ4n) is 3.37. The number of halogens is 2. The number of amides is 2. The summed E-state index contributed by atoms with van der Waals surface area (Å²) in [7, 11) is 0. The van der Waals surface area contributed by atoms with E-state index in [0.29, 0.717) is 27.4 Å².